The Balaban J connectivity index is 3.00. The molecule has 2 aromatic rings. The predicted octanol–water partition coefficient (Wildman–Crippen LogP) is 2.47. The average Bonchev–Trinajstić information content (AvgIpc) is 2.46. The molecule has 2 rings (SSSR count). The quantitative estimate of drug-likeness (QED) is 0.814. The van der Waals surface area contributed by atoms with Crippen molar-refractivity contribution >= 4 is 38.3 Å². The molecule has 0 saturated carbocycles. The summed E-state index contributed by atoms with van der Waals surface area (Å²) in [5.74, 6) is -0.882. The second-order valence-electron chi connectivity index (χ2n) is 4.03. The van der Waals surface area contributed by atoms with Gasteiger partial charge < -0.3 is 4.74 Å². The number of hydrogen-bond acceptors (Lipinski definition) is 5. The second kappa shape index (κ2) is 5.38. The van der Waals surface area contributed by atoms with Gasteiger partial charge in [-0.05, 0) is 18.2 Å². The molecule has 0 aliphatic heterocycles. The van der Waals surface area contributed by atoms with E-state index in [-0.39, 0.29) is 21.2 Å². The number of carbonyl (C=O) groups is 1. The molecule has 0 aliphatic carbocycles. The minimum Gasteiger partial charge on any atom is -0.465 e. The molecule has 0 saturated heterocycles. The van der Waals surface area contributed by atoms with E-state index in [4.69, 9.17) is 11.6 Å². The predicted molar refractivity (Wildman–Crippen MR) is 75.8 cm³/mol. The third-order valence-corrected chi connectivity index (χ3v) is 5.00. The van der Waals surface area contributed by atoms with Crippen LogP contribution in [0.5, 0.6) is 0 Å². The molecule has 1 heterocycles. The number of nitrogens with zero attached hydrogens (tertiary/aromatic N) is 1. The molecule has 1 aromatic carbocycles. The molecular weight excluding hydrogens is 302 g/mol. The van der Waals surface area contributed by atoms with Gasteiger partial charge in [0.05, 0.1) is 33.9 Å². The van der Waals surface area contributed by atoms with Gasteiger partial charge in [0.1, 0.15) is 0 Å². The van der Waals surface area contributed by atoms with Gasteiger partial charge in [-0.2, -0.15) is 0 Å². The standard InChI is InChI=1S/C13H12ClNO4S/c1-3-20(17,18)12-8-5-4-6-15-11(8)10(14)7-9(12)13(16)19-2/h4-7H,3H2,1-2H3. The number of halogens is 1. The Hall–Kier alpha value is -1.66. The van der Waals surface area contributed by atoms with Crippen molar-refractivity contribution in [1.82, 2.24) is 4.98 Å². The number of aromatic nitrogens is 1. The maximum atomic E-state index is 12.3. The van der Waals surface area contributed by atoms with Gasteiger partial charge in [0.2, 0.25) is 0 Å². The van der Waals surface area contributed by atoms with Crippen LogP contribution in [0.25, 0.3) is 10.9 Å². The number of rotatable bonds is 3. The summed E-state index contributed by atoms with van der Waals surface area (Å²) < 4.78 is 29.2. The molecule has 1 aromatic heterocycles. The van der Waals surface area contributed by atoms with E-state index in [1.54, 1.807) is 12.1 Å². The number of methoxy groups -OCH3 is 1. The highest BCUT2D eigenvalue weighted by molar-refractivity contribution is 7.91. The number of hydrogen-bond donors (Lipinski definition) is 0. The summed E-state index contributed by atoms with van der Waals surface area (Å²) in [5, 5.41) is 0.526. The number of fused-ring (bicyclic) bond motifs is 1. The summed E-state index contributed by atoms with van der Waals surface area (Å²) in [4.78, 5) is 15.8. The van der Waals surface area contributed by atoms with Crippen LogP contribution in [-0.2, 0) is 14.6 Å². The van der Waals surface area contributed by atoms with Gasteiger partial charge in [-0.15, -0.1) is 0 Å². The monoisotopic (exact) mass is 313 g/mol. The first kappa shape index (κ1) is 14.7. The van der Waals surface area contributed by atoms with E-state index >= 15 is 0 Å². The van der Waals surface area contributed by atoms with Gasteiger partial charge in [-0.1, -0.05) is 18.5 Å². The van der Waals surface area contributed by atoms with E-state index in [1.165, 1.54) is 26.3 Å². The second-order valence-corrected chi connectivity index (χ2v) is 6.65. The molecule has 20 heavy (non-hydrogen) atoms. The zero-order valence-corrected chi connectivity index (χ0v) is 12.5. The first-order valence-corrected chi connectivity index (χ1v) is 7.83. The van der Waals surface area contributed by atoms with Crippen LogP contribution in [0.4, 0.5) is 0 Å². The minimum absolute atomic E-state index is 0.0696. The number of carbonyl (C=O) groups excluding carboxylic acids is 1. The summed E-state index contributed by atoms with van der Waals surface area (Å²) >= 11 is 6.06. The summed E-state index contributed by atoms with van der Waals surface area (Å²) in [5.41, 5.74) is 0.272. The highest BCUT2D eigenvalue weighted by atomic mass is 35.5. The number of pyridine rings is 1. The summed E-state index contributed by atoms with van der Waals surface area (Å²) in [6.07, 6.45) is 1.51. The van der Waals surface area contributed by atoms with Gasteiger partial charge in [0, 0.05) is 11.6 Å². The molecule has 7 heteroatoms. The van der Waals surface area contributed by atoms with Crippen molar-refractivity contribution in [3.05, 3.63) is 35.0 Å². The molecule has 0 radical (unpaired) electrons. The molecule has 0 bridgehead atoms. The van der Waals surface area contributed by atoms with E-state index in [9.17, 15) is 13.2 Å². The SMILES string of the molecule is CCS(=O)(=O)c1c(C(=O)OC)cc(Cl)c2ncccc12. The molecule has 0 N–H and O–H groups in total. The Kier molecular flexibility index (Phi) is 3.96. The summed E-state index contributed by atoms with van der Waals surface area (Å²) in [6.45, 7) is 1.51. The lowest BCUT2D eigenvalue weighted by Crippen LogP contribution is -2.13. The molecule has 106 valence electrons. The van der Waals surface area contributed by atoms with Crippen LogP contribution in [0.1, 0.15) is 17.3 Å². The van der Waals surface area contributed by atoms with Crippen LogP contribution in [-0.4, -0.2) is 32.2 Å². The van der Waals surface area contributed by atoms with Crippen molar-refractivity contribution in [2.45, 2.75) is 11.8 Å². The van der Waals surface area contributed by atoms with Gasteiger partial charge in [0.15, 0.2) is 9.84 Å². The fourth-order valence-corrected chi connectivity index (χ4v) is 3.45. The average molecular weight is 314 g/mol. The third kappa shape index (κ3) is 2.36. The van der Waals surface area contributed by atoms with E-state index < -0.39 is 15.8 Å². The maximum absolute atomic E-state index is 12.3. The third-order valence-electron chi connectivity index (χ3n) is 2.89. The van der Waals surface area contributed by atoms with Gasteiger partial charge in [-0.3, -0.25) is 4.98 Å². The molecule has 5 nitrogen and oxygen atoms in total. The molecule has 0 amide bonds. The molecule has 0 spiro atoms. The number of esters is 1. The normalized spacial score (nSPS) is 11.6. The highest BCUT2D eigenvalue weighted by Gasteiger charge is 2.26. The van der Waals surface area contributed by atoms with Crippen LogP contribution in [0.3, 0.4) is 0 Å². The van der Waals surface area contributed by atoms with Crippen molar-refractivity contribution in [3.8, 4) is 0 Å². The van der Waals surface area contributed by atoms with Crippen LogP contribution in [0.2, 0.25) is 5.02 Å². The fraction of sp³-hybridized carbons (Fsp3) is 0.231. The lowest BCUT2D eigenvalue weighted by Gasteiger charge is -2.12. The van der Waals surface area contributed by atoms with Crippen LogP contribution in [0, 0.1) is 0 Å². The Bertz CT molecular complexity index is 786. The Morgan fingerprint density at radius 1 is 1.45 bits per heavy atom. The summed E-state index contributed by atoms with van der Waals surface area (Å²) in [6, 6.07) is 4.45. The first-order chi connectivity index (χ1) is 9.42. The van der Waals surface area contributed by atoms with Crippen LogP contribution in [0.15, 0.2) is 29.3 Å². The lowest BCUT2D eigenvalue weighted by molar-refractivity contribution is 0.0596. The fourth-order valence-electron chi connectivity index (χ4n) is 1.93. The van der Waals surface area contributed by atoms with Gasteiger partial charge >= 0.3 is 5.97 Å². The van der Waals surface area contributed by atoms with Crippen LogP contribution < -0.4 is 0 Å². The molecular formula is C13H12ClNO4S. The number of ether oxygens (including phenoxy) is 1. The van der Waals surface area contributed by atoms with Gasteiger partial charge in [0.25, 0.3) is 0 Å². The molecule has 0 fully saturated rings. The van der Waals surface area contributed by atoms with E-state index in [1.807, 2.05) is 0 Å². The number of sulfone groups is 1. The van der Waals surface area contributed by atoms with E-state index in [0.29, 0.717) is 10.9 Å². The van der Waals surface area contributed by atoms with Crippen molar-refractivity contribution in [3.63, 3.8) is 0 Å². The zero-order chi connectivity index (χ0) is 14.9. The smallest absolute Gasteiger partial charge is 0.339 e. The Morgan fingerprint density at radius 3 is 2.75 bits per heavy atom. The van der Waals surface area contributed by atoms with E-state index in [0.717, 1.165) is 0 Å². The zero-order valence-electron chi connectivity index (χ0n) is 10.9. The lowest BCUT2D eigenvalue weighted by atomic mass is 10.1. The highest BCUT2D eigenvalue weighted by Crippen LogP contribution is 2.32. The Morgan fingerprint density at radius 2 is 2.15 bits per heavy atom. The molecule has 0 atom stereocenters. The van der Waals surface area contributed by atoms with Gasteiger partial charge in [-0.25, -0.2) is 13.2 Å². The van der Waals surface area contributed by atoms with Crippen molar-refractivity contribution in [2.75, 3.05) is 12.9 Å². The number of benzene rings is 1. The summed E-state index contributed by atoms with van der Waals surface area (Å²) in [7, 11) is -2.44. The minimum atomic E-state index is -3.63. The first-order valence-electron chi connectivity index (χ1n) is 5.80. The van der Waals surface area contributed by atoms with Crippen molar-refractivity contribution in [2.24, 2.45) is 0 Å². The maximum Gasteiger partial charge on any atom is 0.339 e. The Labute approximate surface area is 121 Å². The molecule has 0 unspecified atom stereocenters. The van der Waals surface area contributed by atoms with Crippen molar-refractivity contribution in [1.29, 1.82) is 0 Å². The van der Waals surface area contributed by atoms with Crippen molar-refractivity contribution < 1.29 is 17.9 Å². The topological polar surface area (TPSA) is 73.3 Å². The molecule has 0 aliphatic rings. The van der Waals surface area contributed by atoms with E-state index in [2.05, 4.69) is 9.72 Å². The van der Waals surface area contributed by atoms with Crippen LogP contribution >= 0.6 is 11.6 Å². The largest absolute Gasteiger partial charge is 0.465 e.